The van der Waals surface area contributed by atoms with Crippen LogP contribution >= 0.6 is 0 Å². The van der Waals surface area contributed by atoms with E-state index in [-0.39, 0.29) is 18.6 Å². The minimum Gasteiger partial charge on any atom is -0.481 e. The van der Waals surface area contributed by atoms with Gasteiger partial charge in [0.1, 0.15) is 11.5 Å². The third-order valence-corrected chi connectivity index (χ3v) is 4.92. The van der Waals surface area contributed by atoms with Gasteiger partial charge < -0.3 is 18.9 Å². The highest BCUT2D eigenvalue weighted by Gasteiger charge is 2.21. The van der Waals surface area contributed by atoms with E-state index in [9.17, 15) is 9.59 Å². The van der Waals surface area contributed by atoms with Crippen LogP contribution in [0.25, 0.3) is 21.5 Å². The Hall–Kier alpha value is -3.28. The van der Waals surface area contributed by atoms with Gasteiger partial charge in [-0.15, -0.1) is 0 Å². The fourth-order valence-electron chi connectivity index (χ4n) is 3.26. The number of hydrogen-bond donors (Lipinski definition) is 0. The van der Waals surface area contributed by atoms with E-state index < -0.39 is 11.9 Å². The topological polar surface area (TPSA) is 71.1 Å². The van der Waals surface area contributed by atoms with Gasteiger partial charge >= 0.3 is 11.9 Å². The van der Waals surface area contributed by atoms with Gasteiger partial charge in [-0.05, 0) is 17.0 Å². The van der Waals surface area contributed by atoms with Crippen molar-refractivity contribution >= 4 is 33.5 Å². The van der Waals surface area contributed by atoms with Gasteiger partial charge in [0.05, 0.1) is 14.2 Å². The van der Waals surface area contributed by atoms with Gasteiger partial charge in [0.25, 0.3) is 0 Å². The lowest BCUT2D eigenvalue weighted by Crippen LogP contribution is -2.15. The predicted octanol–water partition coefficient (Wildman–Crippen LogP) is 4.39. The van der Waals surface area contributed by atoms with E-state index in [1.807, 2.05) is 42.5 Å². The highest BCUT2D eigenvalue weighted by atomic mass is 16.6. The van der Waals surface area contributed by atoms with Gasteiger partial charge in [-0.1, -0.05) is 57.2 Å². The number of fused-ring (bicyclic) bond motifs is 2. The number of carbonyl (C=O) groups is 2. The maximum Gasteiger partial charge on any atom is 0.343 e. The van der Waals surface area contributed by atoms with Crippen LogP contribution in [0.4, 0.5) is 0 Å². The molecule has 0 saturated heterocycles. The summed E-state index contributed by atoms with van der Waals surface area (Å²) >= 11 is 0. The highest BCUT2D eigenvalue weighted by Crippen LogP contribution is 2.44. The first-order chi connectivity index (χ1) is 14.3. The predicted molar refractivity (Wildman–Crippen MR) is 115 cm³/mol. The second kappa shape index (κ2) is 8.61. The van der Waals surface area contributed by atoms with Gasteiger partial charge in [-0.2, -0.15) is 0 Å². The number of ether oxygens (including phenoxy) is 4. The lowest BCUT2D eigenvalue weighted by atomic mass is 9.85. The van der Waals surface area contributed by atoms with Crippen molar-refractivity contribution in [3.8, 4) is 11.5 Å². The van der Waals surface area contributed by atoms with Gasteiger partial charge in [-0.25, -0.2) is 9.59 Å². The van der Waals surface area contributed by atoms with Crippen LogP contribution in [-0.4, -0.2) is 39.4 Å². The standard InChI is InChI=1S/C24H26O6/c1-24(2,3)15-10-11-18-19(12-15)23(30-14-21(26)28-5)17-9-7-6-8-16(17)22(18)29-13-20(25)27-4/h6-12H,13-14H2,1-5H3. The molecule has 158 valence electrons. The monoisotopic (exact) mass is 410 g/mol. The number of esters is 2. The molecule has 6 heteroatoms. The summed E-state index contributed by atoms with van der Waals surface area (Å²) in [7, 11) is 2.64. The SMILES string of the molecule is COC(=O)COc1c2ccccc2c(OCC(=O)OC)c2cc(C(C)(C)C)ccc12. The molecule has 0 atom stereocenters. The Morgan fingerprint density at radius 1 is 0.733 bits per heavy atom. The zero-order valence-electron chi connectivity index (χ0n) is 17.9. The Kier molecular flexibility index (Phi) is 6.15. The largest absolute Gasteiger partial charge is 0.481 e. The molecule has 0 heterocycles. The van der Waals surface area contributed by atoms with Crippen LogP contribution in [-0.2, 0) is 24.5 Å². The van der Waals surface area contributed by atoms with E-state index in [0.29, 0.717) is 11.5 Å². The Balaban J connectivity index is 2.29. The van der Waals surface area contributed by atoms with Crippen molar-refractivity contribution in [2.75, 3.05) is 27.4 Å². The number of benzene rings is 3. The first kappa shape index (κ1) is 21.4. The molecule has 0 radical (unpaired) electrons. The second-order valence-electron chi connectivity index (χ2n) is 7.94. The molecule has 0 aromatic heterocycles. The third-order valence-electron chi connectivity index (χ3n) is 4.92. The van der Waals surface area contributed by atoms with Crippen LogP contribution < -0.4 is 9.47 Å². The quantitative estimate of drug-likeness (QED) is 0.443. The number of rotatable bonds is 6. The molecule has 0 amide bonds. The summed E-state index contributed by atoms with van der Waals surface area (Å²) in [5.41, 5.74) is 1.01. The molecule has 0 aliphatic heterocycles. The molecule has 0 fully saturated rings. The summed E-state index contributed by atoms with van der Waals surface area (Å²) in [6.07, 6.45) is 0. The molecule has 0 N–H and O–H groups in total. The first-order valence-electron chi connectivity index (χ1n) is 9.64. The normalized spacial score (nSPS) is 11.4. The fourth-order valence-corrected chi connectivity index (χ4v) is 3.26. The van der Waals surface area contributed by atoms with E-state index >= 15 is 0 Å². The molecular formula is C24H26O6. The molecule has 3 rings (SSSR count). The minimum atomic E-state index is -0.468. The summed E-state index contributed by atoms with van der Waals surface area (Å²) in [6.45, 7) is 5.95. The van der Waals surface area contributed by atoms with Gasteiger partial charge in [0.15, 0.2) is 13.2 Å². The van der Waals surface area contributed by atoms with Gasteiger partial charge in [0.2, 0.25) is 0 Å². The molecule has 3 aromatic rings. The Morgan fingerprint density at radius 3 is 1.67 bits per heavy atom. The Bertz CT molecular complexity index is 1090. The maximum atomic E-state index is 11.7. The van der Waals surface area contributed by atoms with E-state index in [0.717, 1.165) is 27.1 Å². The van der Waals surface area contributed by atoms with E-state index in [1.54, 1.807) is 0 Å². The first-order valence-corrected chi connectivity index (χ1v) is 9.64. The van der Waals surface area contributed by atoms with E-state index in [1.165, 1.54) is 14.2 Å². The zero-order chi connectivity index (χ0) is 21.9. The molecule has 0 aliphatic rings. The van der Waals surface area contributed by atoms with E-state index in [4.69, 9.17) is 18.9 Å². The Labute approximate surface area is 175 Å². The number of methoxy groups -OCH3 is 2. The van der Waals surface area contributed by atoms with Crippen LogP contribution in [0.1, 0.15) is 26.3 Å². The van der Waals surface area contributed by atoms with Crippen molar-refractivity contribution in [3.63, 3.8) is 0 Å². The van der Waals surface area contributed by atoms with Crippen LogP contribution in [0.15, 0.2) is 42.5 Å². The van der Waals surface area contributed by atoms with Crippen molar-refractivity contribution < 1.29 is 28.5 Å². The molecule has 6 nitrogen and oxygen atoms in total. The maximum absolute atomic E-state index is 11.7. The molecule has 0 bridgehead atoms. The van der Waals surface area contributed by atoms with Crippen LogP contribution in [0.2, 0.25) is 0 Å². The third kappa shape index (κ3) is 4.32. The summed E-state index contributed by atoms with van der Waals surface area (Å²) < 4.78 is 21.3. The lowest BCUT2D eigenvalue weighted by Gasteiger charge is -2.22. The molecule has 30 heavy (non-hydrogen) atoms. The smallest absolute Gasteiger partial charge is 0.343 e. The molecule has 0 spiro atoms. The van der Waals surface area contributed by atoms with Crippen molar-refractivity contribution in [2.45, 2.75) is 26.2 Å². The van der Waals surface area contributed by atoms with Gasteiger partial charge in [0, 0.05) is 21.5 Å². The second-order valence-corrected chi connectivity index (χ2v) is 7.94. The fraction of sp³-hybridized carbons (Fsp3) is 0.333. The molecular weight excluding hydrogens is 384 g/mol. The van der Waals surface area contributed by atoms with Gasteiger partial charge in [-0.3, -0.25) is 0 Å². The molecule has 0 unspecified atom stereocenters. The number of hydrogen-bond acceptors (Lipinski definition) is 6. The average molecular weight is 410 g/mol. The molecule has 0 aliphatic carbocycles. The van der Waals surface area contributed by atoms with Crippen LogP contribution in [0, 0.1) is 0 Å². The number of carbonyl (C=O) groups excluding carboxylic acids is 2. The highest BCUT2D eigenvalue weighted by molar-refractivity contribution is 6.11. The summed E-state index contributed by atoms with van der Waals surface area (Å²) in [5, 5.41) is 3.13. The molecule has 3 aromatic carbocycles. The van der Waals surface area contributed by atoms with Crippen molar-refractivity contribution in [1.82, 2.24) is 0 Å². The minimum absolute atomic E-state index is 0.0908. The van der Waals surface area contributed by atoms with E-state index in [2.05, 4.69) is 20.8 Å². The summed E-state index contributed by atoms with van der Waals surface area (Å²) in [4.78, 5) is 23.4. The van der Waals surface area contributed by atoms with Crippen molar-refractivity contribution in [2.24, 2.45) is 0 Å². The molecule has 0 saturated carbocycles. The van der Waals surface area contributed by atoms with Crippen molar-refractivity contribution in [3.05, 3.63) is 48.0 Å². The summed E-state index contributed by atoms with van der Waals surface area (Å²) in [6, 6.07) is 13.6. The lowest BCUT2D eigenvalue weighted by molar-refractivity contribution is -0.143. The average Bonchev–Trinajstić information content (AvgIpc) is 2.74. The zero-order valence-corrected chi connectivity index (χ0v) is 17.9. The summed E-state index contributed by atoms with van der Waals surface area (Å²) in [5.74, 6) is 0.203. The van der Waals surface area contributed by atoms with Crippen molar-refractivity contribution in [1.29, 1.82) is 0 Å². The van der Waals surface area contributed by atoms with Crippen LogP contribution in [0.5, 0.6) is 11.5 Å². The Morgan fingerprint density at radius 2 is 1.20 bits per heavy atom. The van der Waals surface area contributed by atoms with Crippen LogP contribution in [0.3, 0.4) is 0 Å².